The zero-order valence-corrected chi connectivity index (χ0v) is 10.6. The van der Waals surface area contributed by atoms with E-state index in [1.165, 1.54) is 0 Å². The van der Waals surface area contributed by atoms with Crippen LogP contribution in [-0.2, 0) is 20.3 Å². The fourth-order valence-electron chi connectivity index (χ4n) is 1.49. The lowest BCUT2D eigenvalue weighted by Crippen LogP contribution is -2.54. The minimum Gasteiger partial charge on any atom is -0.379 e. The van der Waals surface area contributed by atoms with Gasteiger partial charge in [-0.2, -0.15) is 0 Å². The number of carbonyl (C=O) groups excluding carboxylic acids is 1. The molecule has 16 heavy (non-hydrogen) atoms. The van der Waals surface area contributed by atoms with Gasteiger partial charge < -0.3 is 15.8 Å². The van der Waals surface area contributed by atoms with E-state index in [9.17, 15) is 9.00 Å². The molecule has 6 heteroatoms. The van der Waals surface area contributed by atoms with Crippen molar-refractivity contribution in [2.24, 2.45) is 5.73 Å². The van der Waals surface area contributed by atoms with Crippen LogP contribution in [0.1, 0.15) is 19.8 Å². The lowest BCUT2D eigenvalue weighted by Gasteiger charge is -2.21. The summed E-state index contributed by atoms with van der Waals surface area (Å²) in [5.41, 5.74) is 5.02. The van der Waals surface area contributed by atoms with Crippen molar-refractivity contribution >= 4 is 16.7 Å². The van der Waals surface area contributed by atoms with E-state index in [2.05, 4.69) is 5.32 Å². The van der Waals surface area contributed by atoms with Crippen molar-refractivity contribution in [1.82, 2.24) is 5.32 Å². The Morgan fingerprint density at radius 1 is 1.69 bits per heavy atom. The van der Waals surface area contributed by atoms with Crippen LogP contribution in [0.15, 0.2) is 0 Å². The first-order valence-corrected chi connectivity index (χ1v) is 7.05. The summed E-state index contributed by atoms with van der Waals surface area (Å²) in [6, 6.07) is 0. The lowest BCUT2D eigenvalue weighted by atomic mass is 9.99. The van der Waals surface area contributed by atoms with E-state index in [0.717, 1.165) is 0 Å². The van der Waals surface area contributed by atoms with Crippen molar-refractivity contribution in [3.8, 4) is 0 Å². The molecule has 0 aromatic heterocycles. The molecule has 1 rings (SSSR count). The molecule has 3 unspecified atom stereocenters. The number of ether oxygens (including phenoxy) is 1. The molecule has 0 aromatic carbocycles. The van der Waals surface area contributed by atoms with Gasteiger partial charge in [0.2, 0.25) is 5.91 Å². The number of amides is 1. The van der Waals surface area contributed by atoms with Gasteiger partial charge in [-0.25, -0.2) is 0 Å². The smallest absolute Gasteiger partial charge is 0.242 e. The Kier molecular flexibility index (Phi) is 4.89. The van der Waals surface area contributed by atoms with E-state index in [-0.39, 0.29) is 17.8 Å². The van der Waals surface area contributed by atoms with Crippen LogP contribution in [0.3, 0.4) is 0 Å². The Morgan fingerprint density at radius 2 is 2.38 bits per heavy atom. The Labute approximate surface area is 98.6 Å². The number of rotatable bonds is 5. The zero-order chi connectivity index (χ0) is 12.2. The van der Waals surface area contributed by atoms with Crippen molar-refractivity contribution in [2.45, 2.75) is 30.6 Å². The van der Waals surface area contributed by atoms with E-state index < -0.39 is 16.3 Å². The van der Waals surface area contributed by atoms with Crippen molar-refractivity contribution in [3.63, 3.8) is 0 Å². The van der Waals surface area contributed by atoms with Crippen LogP contribution in [-0.4, -0.2) is 46.9 Å². The van der Waals surface area contributed by atoms with Crippen LogP contribution in [0.5, 0.6) is 0 Å². The molecule has 3 N–H and O–H groups in total. The lowest BCUT2D eigenvalue weighted by molar-refractivity contribution is -0.126. The third kappa shape index (κ3) is 3.54. The molecule has 1 heterocycles. The molecule has 1 aliphatic heterocycles. The first-order chi connectivity index (χ1) is 7.46. The molecular formula is C10H20N2O3S. The summed E-state index contributed by atoms with van der Waals surface area (Å²) >= 11 is 0. The van der Waals surface area contributed by atoms with E-state index >= 15 is 0 Å². The van der Waals surface area contributed by atoms with E-state index in [4.69, 9.17) is 10.5 Å². The Bertz CT molecular complexity index is 277. The predicted molar refractivity (Wildman–Crippen MR) is 63.5 cm³/mol. The highest BCUT2D eigenvalue weighted by Crippen LogP contribution is 2.15. The number of hydrogen-bond donors (Lipinski definition) is 2. The average molecular weight is 248 g/mol. The largest absolute Gasteiger partial charge is 0.379 e. The van der Waals surface area contributed by atoms with Gasteiger partial charge in [-0.05, 0) is 12.8 Å². The molecule has 1 fully saturated rings. The third-order valence-corrected chi connectivity index (χ3v) is 4.28. The van der Waals surface area contributed by atoms with Crippen LogP contribution in [0.4, 0.5) is 0 Å². The normalized spacial score (nSPS) is 28.7. The summed E-state index contributed by atoms with van der Waals surface area (Å²) < 4.78 is 16.2. The van der Waals surface area contributed by atoms with Crippen molar-refractivity contribution in [3.05, 3.63) is 0 Å². The van der Waals surface area contributed by atoms with Gasteiger partial charge >= 0.3 is 0 Å². The van der Waals surface area contributed by atoms with Crippen LogP contribution >= 0.6 is 0 Å². The highest BCUT2D eigenvalue weighted by molar-refractivity contribution is 7.84. The van der Waals surface area contributed by atoms with Crippen molar-refractivity contribution < 1.29 is 13.7 Å². The predicted octanol–water partition coefficient (Wildman–Crippen LogP) is -0.622. The molecule has 1 aliphatic rings. The molecule has 0 saturated carbocycles. The second-order valence-electron chi connectivity index (χ2n) is 4.31. The zero-order valence-electron chi connectivity index (χ0n) is 9.82. The summed E-state index contributed by atoms with van der Waals surface area (Å²) in [5, 5.41) is 2.86. The molecule has 94 valence electrons. The van der Waals surface area contributed by atoms with Gasteiger partial charge in [0.1, 0.15) is 5.54 Å². The van der Waals surface area contributed by atoms with E-state index in [1.807, 2.05) is 6.92 Å². The number of carbonyl (C=O) groups is 1. The van der Waals surface area contributed by atoms with Crippen LogP contribution < -0.4 is 11.1 Å². The Balaban J connectivity index is 2.27. The first-order valence-electron chi connectivity index (χ1n) is 5.43. The molecule has 1 saturated heterocycles. The van der Waals surface area contributed by atoms with Crippen LogP contribution in [0, 0.1) is 0 Å². The maximum Gasteiger partial charge on any atom is 0.242 e. The second-order valence-corrected chi connectivity index (χ2v) is 6.11. The van der Waals surface area contributed by atoms with E-state index in [1.54, 1.807) is 6.26 Å². The highest BCUT2D eigenvalue weighted by Gasteiger charge is 2.37. The second kappa shape index (κ2) is 5.75. The summed E-state index contributed by atoms with van der Waals surface area (Å²) in [7, 11) is -0.845. The van der Waals surface area contributed by atoms with Crippen molar-refractivity contribution in [1.29, 1.82) is 0 Å². The number of hydrogen-bond acceptors (Lipinski definition) is 4. The monoisotopic (exact) mass is 248 g/mol. The molecule has 0 radical (unpaired) electrons. The van der Waals surface area contributed by atoms with Crippen LogP contribution in [0.2, 0.25) is 0 Å². The topological polar surface area (TPSA) is 81.4 Å². The van der Waals surface area contributed by atoms with Crippen molar-refractivity contribution in [2.75, 3.05) is 26.0 Å². The summed E-state index contributed by atoms with van der Waals surface area (Å²) in [6.45, 7) is 3.24. The van der Waals surface area contributed by atoms with Gasteiger partial charge in [0.25, 0.3) is 0 Å². The summed E-state index contributed by atoms with van der Waals surface area (Å²) in [6.07, 6.45) is 2.93. The summed E-state index contributed by atoms with van der Waals surface area (Å²) in [5.74, 6) is -0.168. The molecule has 0 aromatic rings. The molecule has 3 atom stereocenters. The van der Waals surface area contributed by atoms with Gasteiger partial charge in [0, 0.05) is 35.5 Å². The number of nitrogens with one attached hydrogen (secondary N) is 1. The highest BCUT2D eigenvalue weighted by atomic mass is 32.2. The Morgan fingerprint density at radius 3 is 2.88 bits per heavy atom. The van der Waals surface area contributed by atoms with E-state index in [0.29, 0.717) is 26.0 Å². The molecule has 0 spiro atoms. The van der Waals surface area contributed by atoms with Crippen LogP contribution in [0.25, 0.3) is 0 Å². The minimum absolute atomic E-state index is 0.0915. The molecule has 0 aliphatic carbocycles. The van der Waals surface area contributed by atoms with Gasteiger partial charge in [-0.3, -0.25) is 9.00 Å². The fraction of sp³-hybridized carbons (Fsp3) is 0.900. The summed E-state index contributed by atoms with van der Waals surface area (Å²) in [4.78, 5) is 11.7. The molecular weight excluding hydrogens is 228 g/mol. The SMILES string of the molecule is CC(CCNC(=O)C1(N)CCOC1)S(C)=O. The maximum atomic E-state index is 11.7. The first kappa shape index (κ1) is 13.6. The molecule has 5 nitrogen and oxygen atoms in total. The molecule has 0 bridgehead atoms. The molecule has 1 amide bonds. The fourth-order valence-corrected chi connectivity index (χ4v) is 1.94. The van der Waals surface area contributed by atoms with Gasteiger partial charge in [-0.15, -0.1) is 0 Å². The van der Waals surface area contributed by atoms with Gasteiger partial charge in [0.05, 0.1) is 6.61 Å². The van der Waals surface area contributed by atoms with Gasteiger partial charge in [0.15, 0.2) is 0 Å². The maximum absolute atomic E-state index is 11.7. The third-order valence-electron chi connectivity index (χ3n) is 2.91. The standard InChI is InChI=1S/C10H20N2O3S/c1-8(16(2)14)3-5-12-9(13)10(11)4-6-15-7-10/h8H,3-7,11H2,1-2H3,(H,12,13). The quantitative estimate of drug-likeness (QED) is 0.679. The average Bonchev–Trinajstić information content (AvgIpc) is 2.66. The minimum atomic E-state index is -0.866. The number of nitrogens with two attached hydrogens (primary N) is 1. The Hall–Kier alpha value is -0.460. The van der Waals surface area contributed by atoms with Gasteiger partial charge in [-0.1, -0.05) is 6.92 Å².